The molecule has 1 atom stereocenters. The summed E-state index contributed by atoms with van der Waals surface area (Å²) in [4.78, 5) is 7.30. The Morgan fingerprint density at radius 1 is 1.23 bits per heavy atom. The maximum atomic E-state index is 5.76. The van der Waals surface area contributed by atoms with Crippen LogP contribution in [0.4, 0.5) is 0 Å². The number of thiophene rings is 1. The van der Waals surface area contributed by atoms with Crippen LogP contribution in [0.3, 0.4) is 0 Å². The Hall–Kier alpha value is -2.05. The third kappa shape index (κ3) is 3.23. The van der Waals surface area contributed by atoms with Gasteiger partial charge in [0.15, 0.2) is 0 Å². The molecule has 0 fully saturated rings. The van der Waals surface area contributed by atoms with Crippen molar-refractivity contribution in [2.24, 2.45) is 0 Å². The molecule has 0 radical (unpaired) electrons. The first-order valence-corrected chi connectivity index (χ1v) is 8.12. The summed E-state index contributed by atoms with van der Waals surface area (Å²) in [5.41, 5.74) is 1.25. The lowest BCUT2D eigenvalue weighted by molar-refractivity contribution is 0.209. The molecule has 3 aromatic heterocycles. The minimum atomic E-state index is 0.306. The van der Waals surface area contributed by atoms with Gasteiger partial charge in [-0.2, -0.15) is 0 Å². The molecule has 22 heavy (non-hydrogen) atoms. The second-order valence-corrected chi connectivity index (χ2v) is 6.05. The molecular weight excluding hydrogens is 296 g/mol. The maximum Gasteiger partial charge on any atom is 0.257 e. The largest absolute Gasteiger partial charge is 0.419 e. The van der Waals surface area contributed by atoms with Crippen molar-refractivity contribution in [1.29, 1.82) is 0 Å². The van der Waals surface area contributed by atoms with Crippen LogP contribution in [0.25, 0.3) is 10.8 Å². The standard InChI is InChI=1S/C16H18N4OS/c1-3-13(12-6-8-17-9-7-12)20(2)11-15-18-19-16(21-15)14-5-4-10-22-14/h4-10,13H,3,11H2,1-2H3/t13-/m1/s1. The van der Waals surface area contributed by atoms with Gasteiger partial charge in [-0.05, 0) is 42.6 Å². The molecule has 0 aliphatic carbocycles. The third-order valence-electron chi connectivity index (χ3n) is 3.59. The number of rotatable bonds is 6. The molecule has 3 rings (SSSR count). The van der Waals surface area contributed by atoms with E-state index < -0.39 is 0 Å². The highest BCUT2D eigenvalue weighted by Gasteiger charge is 2.18. The van der Waals surface area contributed by atoms with Crippen LogP contribution in [0, 0.1) is 0 Å². The van der Waals surface area contributed by atoms with Crippen LogP contribution in [-0.2, 0) is 6.54 Å². The van der Waals surface area contributed by atoms with Crippen LogP contribution >= 0.6 is 11.3 Å². The van der Waals surface area contributed by atoms with Crippen molar-refractivity contribution in [3.63, 3.8) is 0 Å². The third-order valence-corrected chi connectivity index (χ3v) is 4.45. The van der Waals surface area contributed by atoms with Gasteiger partial charge in [0, 0.05) is 18.4 Å². The van der Waals surface area contributed by atoms with E-state index in [0.717, 1.165) is 11.3 Å². The fourth-order valence-corrected chi connectivity index (χ4v) is 3.17. The molecule has 6 heteroatoms. The molecule has 3 aromatic rings. The van der Waals surface area contributed by atoms with Crippen molar-refractivity contribution < 1.29 is 4.42 Å². The Morgan fingerprint density at radius 3 is 2.73 bits per heavy atom. The fraction of sp³-hybridized carbons (Fsp3) is 0.312. The second kappa shape index (κ2) is 6.81. The second-order valence-electron chi connectivity index (χ2n) is 5.10. The number of nitrogens with zero attached hydrogens (tertiary/aromatic N) is 4. The Balaban J connectivity index is 1.72. The summed E-state index contributed by atoms with van der Waals surface area (Å²) >= 11 is 1.60. The van der Waals surface area contributed by atoms with Gasteiger partial charge in [0.05, 0.1) is 11.4 Å². The van der Waals surface area contributed by atoms with Gasteiger partial charge in [0.1, 0.15) is 0 Å². The van der Waals surface area contributed by atoms with E-state index in [1.165, 1.54) is 5.56 Å². The van der Waals surface area contributed by atoms with Crippen LogP contribution in [0.2, 0.25) is 0 Å². The molecule has 0 spiro atoms. The fourth-order valence-electron chi connectivity index (χ4n) is 2.53. The van der Waals surface area contributed by atoms with E-state index in [-0.39, 0.29) is 0 Å². The summed E-state index contributed by atoms with van der Waals surface area (Å²) in [6, 6.07) is 8.37. The SMILES string of the molecule is CC[C@H](c1ccncc1)N(C)Cc1nnc(-c2cccs2)o1. The highest BCUT2D eigenvalue weighted by Crippen LogP contribution is 2.26. The van der Waals surface area contributed by atoms with E-state index in [9.17, 15) is 0 Å². The van der Waals surface area contributed by atoms with Crippen molar-refractivity contribution in [3.05, 3.63) is 53.5 Å². The molecule has 0 aliphatic heterocycles. The average Bonchev–Trinajstić information content (AvgIpc) is 3.20. The van der Waals surface area contributed by atoms with Gasteiger partial charge in [-0.25, -0.2) is 0 Å². The summed E-state index contributed by atoms with van der Waals surface area (Å²) < 4.78 is 5.76. The average molecular weight is 314 g/mol. The monoisotopic (exact) mass is 314 g/mol. The zero-order chi connectivity index (χ0) is 15.4. The van der Waals surface area contributed by atoms with Crippen molar-refractivity contribution in [3.8, 4) is 10.8 Å². The molecule has 0 amide bonds. The molecule has 0 aliphatic rings. The summed E-state index contributed by atoms with van der Waals surface area (Å²) in [7, 11) is 2.07. The number of aromatic nitrogens is 3. The van der Waals surface area contributed by atoms with Crippen LogP contribution in [-0.4, -0.2) is 27.1 Å². The smallest absolute Gasteiger partial charge is 0.257 e. The first-order chi connectivity index (χ1) is 10.8. The van der Waals surface area contributed by atoms with E-state index >= 15 is 0 Å². The lowest BCUT2D eigenvalue weighted by Gasteiger charge is -2.26. The van der Waals surface area contributed by atoms with Crippen molar-refractivity contribution >= 4 is 11.3 Å². The molecule has 0 bridgehead atoms. The van der Waals surface area contributed by atoms with Crippen LogP contribution in [0.1, 0.15) is 30.8 Å². The zero-order valence-electron chi connectivity index (χ0n) is 12.6. The summed E-state index contributed by atoms with van der Waals surface area (Å²) in [6.07, 6.45) is 4.66. The van der Waals surface area contributed by atoms with Crippen LogP contribution in [0.15, 0.2) is 46.5 Å². The Bertz CT molecular complexity index is 696. The van der Waals surface area contributed by atoms with Gasteiger partial charge in [0.2, 0.25) is 5.89 Å². The normalized spacial score (nSPS) is 12.7. The van der Waals surface area contributed by atoms with E-state index in [2.05, 4.69) is 46.2 Å². The minimum Gasteiger partial charge on any atom is -0.419 e. The zero-order valence-corrected chi connectivity index (χ0v) is 13.5. The van der Waals surface area contributed by atoms with Gasteiger partial charge in [-0.3, -0.25) is 9.88 Å². The summed E-state index contributed by atoms with van der Waals surface area (Å²) in [6.45, 7) is 2.80. The summed E-state index contributed by atoms with van der Waals surface area (Å²) in [5, 5.41) is 10.3. The van der Waals surface area contributed by atoms with Crippen LogP contribution < -0.4 is 0 Å². The highest BCUT2D eigenvalue weighted by molar-refractivity contribution is 7.13. The molecule has 5 nitrogen and oxygen atoms in total. The van der Waals surface area contributed by atoms with E-state index in [4.69, 9.17) is 4.42 Å². The van der Waals surface area contributed by atoms with Gasteiger partial charge in [0.25, 0.3) is 5.89 Å². The van der Waals surface area contributed by atoms with E-state index in [1.807, 2.05) is 29.9 Å². The van der Waals surface area contributed by atoms with Gasteiger partial charge < -0.3 is 4.42 Å². The molecule has 0 saturated heterocycles. The number of hydrogen-bond donors (Lipinski definition) is 0. The molecule has 0 aromatic carbocycles. The molecule has 0 saturated carbocycles. The summed E-state index contributed by atoms with van der Waals surface area (Å²) in [5.74, 6) is 1.23. The van der Waals surface area contributed by atoms with Crippen molar-refractivity contribution in [2.75, 3.05) is 7.05 Å². The molecule has 114 valence electrons. The molecule has 0 N–H and O–H groups in total. The van der Waals surface area contributed by atoms with E-state index in [1.54, 1.807) is 11.3 Å². The predicted molar refractivity (Wildman–Crippen MR) is 86.3 cm³/mol. The lowest BCUT2D eigenvalue weighted by Crippen LogP contribution is -2.24. The maximum absolute atomic E-state index is 5.76. The van der Waals surface area contributed by atoms with Crippen molar-refractivity contribution in [1.82, 2.24) is 20.1 Å². The topological polar surface area (TPSA) is 55.1 Å². The highest BCUT2D eigenvalue weighted by atomic mass is 32.1. The molecule has 3 heterocycles. The minimum absolute atomic E-state index is 0.306. The lowest BCUT2D eigenvalue weighted by atomic mass is 10.0. The molecule has 0 unspecified atom stereocenters. The van der Waals surface area contributed by atoms with Crippen LogP contribution in [0.5, 0.6) is 0 Å². The molecular formula is C16H18N4OS. The van der Waals surface area contributed by atoms with Gasteiger partial charge >= 0.3 is 0 Å². The number of hydrogen-bond acceptors (Lipinski definition) is 6. The van der Waals surface area contributed by atoms with Gasteiger partial charge in [-0.1, -0.05) is 13.0 Å². The van der Waals surface area contributed by atoms with Crippen molar-refractivity contribution in [2.45, 2.75) is 25.9 Å². The Labute approximate surface area is 133 Å². The van der Waals surface area contributed by atoms with Gasteiger partial charge in [-0.15, -0.1) is 21.5 Å². The Kier molecular flexibility index (Phi) is 4.60. The first-order valence-electron chi connectivity index (χ1n) is 7.24. The first kappa shape index (κ1) is 14.9. The quantitative estimate of drug-likeness (QED) is 0.693. The van der Waals surface area contributed by atoms with E-state index in [0.29, 0.717) is 24.4 Å². The predicted octanol–water partition coefficient (Wildman–Crippen LogP) is 3.78. The number of pyridine rings is 1. The Morgan fingerprint density at radius 2 is 2.05 bits per heavy atom.